The van der Waals surface area contributed by atoms with Crippen LogP contribution in [0.3, 0.4) is 0 Å². The summed E-state index contributed by atoms with van der Waals surface area (Å²) in [4.78, 5) is 22.3. The zero-order valence-corrected chi connectivity index (χ0v) is 17.2. The fourth-order valence-corrected chi connectivity index (χ4v) is 4.26. The zero-order chi connectivity index (χ0) is 21.4. The van der Waals surface area contributed by atoms with Gasteiger partial charge >= 0.3 is 0 Å². The Hall–Kier alpha value is -3.29. The van der Waals surface area contributed by atoms with Crippen molar-refractivity contribution in [2.75, 3.05) is 20.3 Å². The van der Waals surface area contributed by atoms with Crippen molar-refractivity contribution in [1.82, 2.24) is 14.5 Å². The lowest BCUT2D eigenvalue weighted by atomic mass is 9.96. The van der Waals surface area contributed by atoms with Crippen molar-refractivity contribution in [1.29, 1.82) is 0 Å². The molecule has 5 rings (SSSR count). The summed E-state index contributed by atoms with van der Waals surface area (Å²) in [6, 6.07) is 13.3. The van der Waals surface area contributed by atoms with Crippen LogP contribution in [-0.4, -0.2) is 46.1 Å². The van der Waals surface area contributed by atoms with Crippen LogP contribution in [-0.2, 0) is 11.2 Å². The van der Waals surface area contributed by atoms with Crippen LogP contribution in [0.25, 0.3) is 21.7 Å². The van der Waals surface area contributed by atoms with Gasteiger partial charge in [0.05, 0.1) is 43.1 Å². The molecule has 4 aromatic rings. The largest absolute Gasteiger partial charge is 0.481 e. The third kappa shape index (κ3) is 3.56. The average molecular weight is 417 g/mol. The number of methoxy groups -OCH3 is 1. The lowest BCUT2D eigenvalue weighted by Crippen LogP contribution is -2.39. The van der Waals surface area contributed by atoms with Gasteiger partial charge in [-0.1, -0.05) is 30.3 Å². The molecule has 31 heavy (non-hydrogen) atoms. The first kappa shape index (κ1) is 19.7. The van der Waals surface area contributed by atoms with Gasteiger partial charge in [0.25, 0.3) is 5.56 Å². The van der Waals surface area contributed by atoms with Gasteiger partial charge in [-0.2, -0.15) is 0 Å². The van der Waals surface area contributed by atoms with Crippen molar-refractivity contribution in [3.05, 3.63) is 76.5 Å². The van der Waals surface area contributed by atoms with Gasteiger partial charge in [-0.25, -0.2) is 9.97 Å². The molecule has 0 bridgehead atoms. The highest BCUT2D eigenvalue weighted by atomic mass is 16.5. The van der Waals surface area contributed by atoms with Gasteiger partial charge in [-0.3, -0.25) is 9.36 Å². The molecule has 1 fully saturated rings. The van der Waals surface area contributed by atoms with Gasteiger partial charge in [-0.05, 0) is 35.4 Å². The second kappa shape index (κ2) is 8.09. The van der Waals surface area contributed by atoms with Crippen molar-refractivity contribution >= 4 is 21.7 Å². The number of ether oxygens (including phenoxy) is 2. The number of aliphatic hydroxyl groups excluding tert-OH is 1. The summed E-state index contributed by atoms with van der Waals surface area (Å²) < 4.78 is 12.2. The standard InChI is InChI=1S/C24H23N3O4/c1-30-22-7-6-15(12-25-22)10-16-11-19-23(18-5-3-2-4-17(16)18)26-14-27(24(19)29)20-13-31-9-8-21(20)28/h2-7,11-12,14,20-21,28H,8-10,13H2,1H3/t20-,21-/m0/s1. The molecule has 1 saturated heterocycles. The van der Waals surface area contributed by atoms with Crippen molar-refractivity contribution < 1.29 is 14.6 Å². The molecule has 3 heterocycles. The minimum Gasteiger partial charge on any atom is -0.481 e. The molecule has 158 valence electrons. The van der Waals surface area contributed by atoms with Gasteiger partial charge < -0.3 is 14.6 Å². The van der Waals surface area contributed by atoms with Crippen molar-refractivity contribution in [2.24, 2.45) is 0 Å². The summed E-state index contributed by atoms with van der Waals surface area (Å²) in [5.41, 5.74) is 2.54. The van der Waals surface area contributed by atoms with Crippen molar-refractivity contribution in [2.45, 2.75) is 25.0 Å². The first-order valence-corrected chi connectivity index (χ1v) is 10.3. The van der Waals surface area contributed by atoms with E-state index in [0.717, 1.165) is 21.9 Å². The van der Waals surface area contributed by atoms with E-state index in [0.29, 0.717) is 42.8 Å². The maximum Gasteiger partial charge on any atom is 0.261 e. The zero-order valence-electron chi connectivity index (χ0n) is 17.2. The Labute approximate surface area is 178 Å². The summed E-state index contributed by atoms with van der Waals surface area (Å²) in [6.07, 6.45) is 3.82. The smallest absolute Gasteiger partial charge is 0.261 e. The molecule has 0 unspecified atom stereocenters. The number of fused-ring (bicyclic) bond motifs is 3. The molecular formula is C24H23N3O4. The molecule has 1 aliphatic heterocycles. The second-order valence-corrected chi connectivity index (χ2v) is 7.82. The van der Waals surface area contributed by atoms with Gasteiger partial charge in [-0.15, -0.1) is 0 Å². The Morgan fingerprint density at radius 2 is 2.00 bits per heavy atom. The predicted octanol–water partition coefficient (Wildman–Crippen LogP) is 2.87. The normalized spacial score (nSPS) is 19.0. The number of hydrogen-bond acceptors (Lipinski definition) is 6. The third-order valence-electron chi connectivity index (χ3n) is 5.93. The van der Waals surface area contributed by atoms with Crippen LogP contribution in [0, 0.1) is 0 Å². The molecule has 0 aliphatic carbocycles. The van der Waals surface area contributed by atoms with Gasteiger partial charge in [0, 0.05) is 24.3 Å². The van der Waals surface area contributed by atoms with E-state index in [4.69, 9.17) is 9.47 Å². The molecule has 0 amide bonds. The highest BCUT2D eigenvalue weighted by molar-refractivity contribution is 6.06. The van der Waals surface area contributed by atoms with E-state index in [-0.39, 0.29) is 5.56 Å². The minimum absolute atomic E-state index is 0.167. The van der Waals surface area contributed by atoms with Crippen LogP contribution in [0.15, 0.2) is 59.8 Å². The molecule has 0 spiro atoms. The van der Waals surface area contributed by atoms with Crippen LogP contribution in [0.2, 0.25) is 0 Å². The van der Waals surface area contributed by atoms with E-state index in [9.17, 15) is 9.90 Å². The molecule has 7 heteroatoms. The van der Waals surface area contributed by atoms with Crippen molar-refractivity contribution in [3.63, 3.8) is 0 Å². The van der Waals surface area contributed by atoms with Crippen LogP contribution in [0.5, 0.6) is 5.88 Å². The van der Waals surface area contributed by atoms with Gasteiger partial charge in [0.1, 0.15) is 0 Å². The predicted molar refractivity (Wildman–Crippen MR) is 118 cm³/mol. The van der Waals surface area contributed by atoms with E-state index in [1.165, 1.54) is 10.9 Å². The first-order valence-electron chi connectivity index (χ1n) is 10.3. The van der Waals surface area contributed by atoms with Crippen molar-refractivity contribution in [3.8, 4) is 5.88 Å². The van der Waals surface area contributed by atoms with Gasteiger partial charge in [0.15, 0.2) is 0 Å². The molecular weight excluding hydrogens is 394 g/mol. The minimum atomic E-state index is -0.629. The van der Waals surface area contributed by atoms with Crippen LogP contribution in [0.4, 0.5) is 0 Å². The molecule has 0 saturated carbocycles. The molecule has 2 aromatic carbocycles. The van der Waals surface area contributed by atoms with Crippen LogP contribution >= 0.6 is 0 Å². The van der Waals surface area contributed by atoms with Gasteiger partial charge in [0.2, 0.25) is 5.88 Å². The van der Waals surface area contributed by atoms with E-state index >= 15 is 0 Å². The van der Waals surface area contributed by atoms with Crippen LogP contribution in [0.1, 0.15) is 23.6 Å². The summed E-state index contributed by atoms with van der Waals surface area (Å²) in [5, 5.41) is 12.9. The molecule has 1 N–H and O–H groups in total. The Kier molecular flexibility index (Phi) is 5.13. The molecule has 7 nitrogen and oxygen atoms in total. The first-order chi connectivity index (χ1) is 15.2. The Morgan fingerprint density at radius 1 is 1.16 bits per heavy atom. The van der Waals surface area contributed by atoms with Crippen LogP contribution < -0.4 is 10.3 Å². The summed E-state index contributed by atoms with van der Waals surface area (Å²) in [7, 11) is 1.59. The van der Waals surface area contributed by atoms with E-state index in [1.807, 2.05) is 42.5 Å². The number of nitrogens with zero attached hydrogens (tertiary/aromatic N) is 3. The second-order valence-electron chi connectivity index (χ2n) is 7.82. The van der Waals surface area contributed by atoms with E-state index < -0.39 is 12.1 Å². The molecule has 2 aromatic heterocycles. The topological polar surface area (TPSA) is 86.5 Å². The fourth-order valence-electron chi connectivity index (χ4n) is 4.26. The molecule has 0 radical (unpaired) electrons. The number of aromatic nitrogens is 3. The Morgan fingerprint density at radius 3 is 2.74 bits per heavy atom. The monoisotopic (exact) mass is 417 g/mol. The van der Waals surface area contributed by atoms with E-state index in [2.05, 4.69) is 9.97 Å². The molecule has 1 aliphatic rings. The molecule has 2 atom stereocenters. The highest BCUT2D eigenvalue weighted by Crippen LogP contribution is 2.28. The summed E-state index contributed by atoms with van der Waals surface area (Å²) in [6.45, 7) is 0.796. The lowest BCUT2D eigenvalue weighted by molar-refractivity contribution is -0.0303. The quantitative estimate of drug-likeness (QED) is 0.514. The highest BCUT2D eigenvalue weighted by Gasteiger charge is 2.27. The summed E-state index contributed by atoms with van der Waals surface area (Å²) >= 11 is 0. The number of hydrogen-bond donors (Lipinski definition) is 1. The average Bonchev–Trinajstić information content (AvgIpc) is 2.81. The Balaban J connectivity index is 1.67. The number of pyridine rings is 1. The number of rotatable bonds is 4. The fraction of sp³-hybridized carbons (Fsp3) is 0.292. The lowest BCUT2D eigenvalue weighted by Gasteiger charge is -2.29. The number of benzene rings is 2. The third-order valence-corrected chi connectivity index (χ3v) is 5.93. The maximum absolute atomic E-state index is 13.4. The Bertz CT molecular complexity index is 1300. The maximum atomic E-state index is 13.4. The summed E-state index contributed by atoms with van der Waals surface area (Å²) in [5.74, 6) is 0.562. The van der Waals surface area contributed by atoms with E-state index in [1.54, 1.807) is 13.3 Å². The number of aliphatic hydroxyl groups is 1. The SMILES string of the molecule is COc1ccc(Cc2cc3c(=O)n([C@H]4COCC[C@@H]4O)cnc3c3ccccc23)cn1.